The minimum Gasteiger partial charge on any atom is -0.391 e. The fourth-order valence-electron chi connectivity index (χ4n) is 8.37. The van der Waals surface area contributed by atoms with Gasteiger partial charge in [-0.2, -0.15) is 0 Å². The van der Waals surface area contributed by atoms with Crippen molar-refractivity contribution in [3.05, 3.63) is 138 Å². The number of β-amino-alcohol motifs (C(OH)–C–C–N with tert-alkyl or cyclic N) is 1. The third-order valence-corrected chi connectivity index (χ3v) is 13.1. The Morgan fingerprint density at radius 3 is 2.35 bits per heavy atom. The molecule has 0 radical (unpaired) electrons. The highest BCUT2D eigenvalue weighted by molar-refractivity contribution is 7.13. The molecule has 4 heterocycles. The smallest absolute Gasteiger partial charge is 0.255 e. The van der Waals surface area contributed by atoms with E-state index < -0.39 is 29.4 Å². The number of thiazole rings is 1. The molecule has 7 N–H and O–H groups in total. The number of aryl methyl sites for hydroxylation is 1. The van der Waals surface area contributed by atoms with E-state index in [0.717, 1.165) is 43.9 Å². The van der Waals surface area contributed by atoms with E-state index in [1.54, 1.807) is 52.6 Å². The van der Waals surface area contributed by atoms with Crippen LogP contribution in [-0.2, 0) is 14.4 Å². The number of rotatable bonds is 16. The highest BCUT2D eigenvalue weighted by atomic mass is 32.1. The molecule has 4 amide bonds. The quantitative estimate of drug-likeness (QED) is 0.0491. The number of amides is 4. The number of nitrogens with one attached hydrogen (secondary N) is 6. The number of fused-ring (bicyclic) bond motifs is 1. The van der Waals surface area contributed by atoms with Crippen molar-refractivity contribution in [2.24, 2.45) is 5.41 Å². The summed E-state index contributed by atoms with van der Waals surface area (Å²) >= 11 is 1.61. The van der Waals surface area contributed by atoms with E-state index in [2.05, 4.69) is 77.7 Å². The molecule has 7 aromatic rings. The SMILES string of the molecule is Cc1ncsc1-c1ccc([C@H](C)NCC2C[C@@H](O)CN2C(=O)[C@@H](NC(=O)CCC(=O)Nc2ccc(C(=O)Nc3cccc(Nc4cc(-c5c[nH]c6ccccc56)ncn4)c3)cc2)C(C)(C)C)cc1. The summed E-state index contributed by atoms with van der Waals surface area (Å²) in [5.74, 6) is -0.855. The molecule has 1 unspecified atom stereocenters. The minimum absolute atomic E-state index is 0.00900. The van der Waals surface area contributed by atoms with E-state index in [4.69, 9.17) is 0 Å². The van der Waals surface area contributed by atoms with Crippen LogP contribution in [0.3, 0.4) is 0 Å². The van der Waals surface area contributed by atoms with Crippen molar-refractivity contribution >= 4 is 68.7 Å². The van der Waals surface area contributed by atoms with E-state index in [1.165, 1.54) is 6.33 Å². The number of aromatic nitrogens is 4. The molecule has 4 aromatic carbocycles. The van der Waals surface area contributed by atoms with E-state index in [-0.39, 0.29) is 43.3 Å². The number of aliphatic hydroxyl groups excluding tert-OH is 1. The number of benzene rings is 4. The standard InChI is InChI=1S/C52H56N10O5S/c1-31(33-13-15-34(16-14-33)48-32(2)57-30-68-48)53-26-39-24-40(63)28-62(39)51(67)49(52(3,4)5)61-47(65)22-21-46(64)59-36-19-17-35(18-20-36)50(66)60-38-10-8-9-37(23-38)58-45-25-44(55-29-56-45)42-27-54-43-12-7-6-11-41(42)43/h6-20,23,25,27,29-31,39-40,49,53-54,63H,21-22,24,26,28H2,1-5H3,(H,59,64)(H,60,66)(H,61,65)(H,55,56,58)/t31-,39?,40+,49+/m0/s1. The number of carbonyl (C=O) groups excluding carboxylic acids is 4. The van der Waals surface area contributed by atoms with Crippen LogP contribution in [0, 0.1) is 12.3 Å². The number of H-pyrrole nitrogens is 1. The normalized spacial score (nSPS) is 15.7. The Labute approximate surface area is 399 Å². The number of likely N-dealkylation sites (tertiary alicyclic amines) is 1. The molecule has 15 nitrogen and oxygen atoms in total. The fraction of sp³-hybridized carbons (Fsp3) is 0.288. The second kappa shape index (κ2) is 20.7. The molecule has 1 fully saturated rings. The number of aromatic amines is 1. The minimum atomic E-state index is -0.883. The zero-order valence-corrected chi connectivity index (χ0v) is 39.5. The maximum absolute atomic E-state index is 14.1. The van der Waals surface area contributed by atoms with Crippen LogP contribution in [0.5, 0.6) is 0 Å². The summed E-state index contributed by atoms with van der Waals surface area (Å²) in [5.41, 5.74) is 9.28. The van der Waals surface area contributed by atoms with E-state index in [1.807, 2.05) is 81.9 Å². The molecule has 350 valence electrons. The van der Waals surface area contributed by atoms with Gasteiger partial charge in [0.05, 0.1) is 27.9 Å². The topological polar surface area (TPSA) is 206 Å². The van der Waals surface area contributed by atoms with Crippen LogP contribution in [-0.4, -0.2) is 84.8 Å². The Kier molecular flexibility index (Phi) is 14.4. The summed E-state index contributed by atoms with van der Waals surface area (Å²) in [7, 11) is 0. The molecule has 4 atom stereocenters. The lowest BCUT2D eigenvalue weighted by molar-refractivity contribution is -0.140. The van der Waals surface area contributed by atoms with Crippen LogP contribution in [0.2, 0.25) is 0 Å². The molecule has 1 saturated heterocycles. The fourth-order valence-corrected chi connectivity index (χ4v) is 9.19. The van der Waals surface area contributed by atoms with Crippen LogP contribution in [0.4, 0.5) is 22.9 Å². The molecule has 0 bridgehead atoms. The van der Waals surface area contributed by atoms with Gasteiger partial charge in [0.25, 0.3) is 5.91 Å². The van der Waals surface area contributed by atoms with Gasteiger partial charge in [0, 0.05) is 89.4 Å². The molecule has 1 aliphatic heterocycles. The monoisotopic (exact) mass is 932 g/mol. The van der Waals surface area contributed by atoms with Crippen LogP contribution < -0.4 is 26.6 Å². The average Bonchev–Trinajstić information content (AvgIpc) is 4.07. The first kappa shape index (κ1) is 47.2. The van der Waals surface area contributed by atoms with E-state index in [0.29, 0.717) is 41.4 Å². The van der Waals surface area contributed by atoms with Gasteiger partial charge in [-0.1, -0.05) is 69.3 Å². The maximum atomic E-state index is 14.1. The van der Waals surface area contributed by atoms with Gasteiger partial charge < -0.3 is 41.6 Å². The molecule has 68 heavy (non-hydrogen) atoms. The van der Waals surface area contributed by atoms with E-state index >= 15 is 0 Å². The summed E-state index contributed by atoms with van der Waals surface area (Å²) in [5, 5.41) is 27.2. The lowest BCUT2D eigenvalue weighted by atomic mass is 9.85. The van der Waals surface area contributed by atoms with Gasteiger partial charge in [-0.25, -0.2) is 15.0 Å². The molecule has 0 spiro atoms. The zero-order valence-electron chi connectivity index (χ0n) is 38.7. The second-order valence-electron chi connectivity index (χ2n) is 18.2. The molecule has 0 saturated carbocycles. The molecule has 16 heteroatoms. The summed E-state index contributed by atoms with van der Waals surface area (Å²) < 4.78 is 0. The first-order valence-corrected chi connectivity index (χ1v) is 23.5. The number of carbonyl (C=O) groups is 4. The van der Waals surface area contributed by atoms with Crippen LogP contribution in [0.1, 0.15) is 74.6 Å². The number of hydrogen-bond acceptors (Lipinski definition) is 11. The van der Waals surface area contributed by atoms with Crippen molar-refractivity contribution in [1.82, 2.24) is 35.5 Å². The molecular weight excluding hydrogens is 877 g/mol. The van der Waals surface area contributed by atoms with Gasteiger partial charge in [0.2, 0.25) is 17.7 Å². The zero-order chi connectivity index (χ0) is 48.0. The van der Waals surface area contributed by atoms with Crippen molar-refractivity contribution in [3.8, 4) is 21.7 Å². The summed E-state index contributed by atoms with van der Waals surface area (Å²) in [6, 6.07) is 30.8. The summed E-state index contributed by atoms with van der Waals surface area (Å²) in [6.07, 6.45) is 2.89. The van der Waals surface area contributed by atoms with Crippen LogP contribution in [0.25, 0.3) is 32.6 Å². The number of aliphatic hydroxyl groups is 1. The third kappa shape index (κ3) is 11.5. The lowest BCUT2D eigenvalue weighted by Crippen LogP contribution is -2.57. The summed E-state index contributed by atoms with van der Waals surface area (Å²) in [6.45, 7) is 10.3. The highest BCUT2D eigenvalue weighted by Crippen LogP contribution is 2.31. The number of nitrogens with zero attached hydrogens (tertiary/aromatic N) is 4. The summed E-state index contributed by atoms with van der Waals surface area (Å²) in [4.78, 5) is 73.0. The lowest BCUT2D eigenvalue weighted by Gasteiger charge is -2.36. The number of para-hydroxylation sites is 1. The van der Waals surface area contributed by atoms with Crippen molar-refractivity contribution in [2.75, 3.05) is 29.0 Å². The Hall–Kier alpha value is -7.27. The first-order chi connectivity index (χ1) is 32.7. The third-order valence-electron chi connectivity index (χ3n) is 12.1. The molecular formula is C52H56N10O5S. The van der Waals surface area contributed by atoms with Crippen LogP contribution in [0.15, 0.2) is 121 Å². The number of hydrogen-bond donors (Lipinski definition) is 7. The molecule has 8 rings (SSSR count). The van der Waals surface area contributed by atoms with Gasteiger partial charge in [-0.15, -0.1) is 11.3 Å². The Morgan fingerprint density at radius 1 is 0.853 bits per heavy atom. The Bertz CT molecular complexity index is 2910. The average molecular weight is 933 g/mol. The Balaban J connectivity index is 0.799. The van der Waals surface area contributed by atoms with Crippen molar-refractivity contribution in [1.29, 1.82) is 0 Å². The predicted molar refractivity (Wildman–Crippen MR) is 268 cm³/mol. The van der Waals surface area contributed by atoms with Gasteiger partial charge in [-0.3, -0.25) is 19.2 Å². The van der Waals surface area contributed by atoms with Gasteiger partial charge in [0.15, 0.2) is 0 Å². The second-order valence-corrected chi connectivity index (χ2v) is 19.1. The molecule has 1 aliphatic rings. The van der Waals surface area contributed by atoms with Crippen molar-refractivity contribution in [2.45, 2.75) is 78.1 Å². The van der Waals surface area contributed by atoms with Gasteiger partial charge >= 0.3 is 0 Å². The van der Waals surface area contributed by atoms with Gasteiger partial charge in [0.1, 0.15) is 18.2 Å². The van der Waals surface area contributed by atoms with Crippen molar-refractivity contribution < 1.29 is 24.3 Å². The molecule has 3 aromatic heterocycles. The highest BCUT2D eigenvalue weighted by Gasteiger charge is 2.42. The molecule has 0 aliphatic carbocycles. The predicted octanol–water partition coefficient (Wildman–Crippen LogP) is 8.61. The van der Waals surface area contributed by atoms with Gasteiger partial charge in [-0.05, 0) is 85.3 Å². The number of anilines is 4. The van der Waals surface area contributed by atoms with Crippen LogP contribution >= 0.6 is 11.3 Å². The Morgan fingerprint density at radius 2 is 1.60 bits per heavy atom. The maximum Gasteiger partial charge on any atom is 0.255 e. The van der Waals surface area contributed by atoms with Crippen molar-refractivity contribution in [3.63, 3.8) is 0 Å². The first-order valence-electron chi connectivity index (χ1n) is 22.7. The largest absolute Gasteiger partial charge is 0.391 e. The van der Waals surface area contributed by atoms with E-state index in [9.17, 15) is 24.3 Å².